The molecule has 128 valence electrons. The van der Waals surface area contributed by atoms with Gasteiger partial charge in [0, 0.05) is 6.54 Å². The molecule has 3 N–H and O–H groups in total. The Bertz CT molecular complexity index is 953. The Kier molecular flexibility index (Phi) is 4.71. The van der Waals surface area contributed by atoms with Crippen LogP contribution in [0.3, 0.4) is 0 Å². The summed E-state index contributed by atoms with van der Waals surface area (Å²) in [5, 5.41) is 21.2. The fraction of sp³-hybridized carbons (Fsp3) is 0.118. The number of phenolic OH excluding ortho intramolecular Hbond substituents is 1. The van der Waals surface area contributed by atoms with Gasteiger partial charge in [-0.1, -0.05) is 30.3 Å². The number of carbonyl (C=O) groups excluding carboxylic acids is 1. The van der Waals surface area contributed by atoms with Crippen molar-refractivity contribution in [2.45, 2.75) is 6.54 Å². The minimum Gasteiger partial charge on any atom is -0.506 e. The number of carboxylic acid groups (broad SMARTS) is 1. The quantitative estimate of drug-likeness (QED) is 0.606. The van der Waals surface area contributed by atoms with Crippen LogP contribution in [0.4, 0.5) is 0 Å². The zero-order valence-corrected chi connectivity index (χ0v) is 14.5. The molecule has 1 amide bonds. The standard InChI is InChI=1S/C17H14BrN3O4/c18-11-6-12-15(14(16(11)24)17(25)19-7-13(22)23)20-9-21(12)8-10-4-2-1-3-5-10/h1-6,9,24H,7-8H2,(H,19,25)(H,22,23). The number of aromatic nitrogens is 2. The van der Waals surface area contributed by atoms with Gasteiger partial charge in [-0.05, 0) is 27.6 Å². The topological polar surface area (TPSA) is 104 Å². The van der Waals surface area contributed by atoms with Crippen LogP contribution in [0.15, 0.2) is 47.2 Å². The molecule has 0 unspecified atom stereocenters. The summed E-state index contributed by atoms with van der Waals surface area (Å²) < 4.78 is 2.18. The van der Waals surface area contributed by atoms with Crippen molar-refractivity contribution >= 4 is 38.8 Å². The zero-order chi connectivity index (χ0) is 18.0. The maximum atomic E-state index is 12.3. The van der Waals surface area contributed by atoms with Gasteiger partial charge < -0.3 is 20.1 Å². The molecule has 0 aliphatic carbocycles. The number of carboxylic acids is 1. The first-order valence-corrected chi connectivity index (χ1v) is 8.17. The third kappa shape index (κ3) is 3.48. The molecule has 0 bridgehead atoms. The van der Waals surface area contributed by atoms with Crippen LogP contribution in [-0.4, -0.2) is 38.2 Å². The zero-order valence-electron chi connectivity index (χ0n) is 12.9. The largest absolute Gasteiger partial charge is 0.506 e. The predicted octanol–water partition coefficient (Wildman–Crippen LogP) is 2.37. The highest BCUT2D eigenvalue weighted by Gasteiger charge is 2.22. The monoisotopic (exact) mass is 403 g/mol. The molecule has 25 heavy (non-hydrogen) atoms. The Balaban J connectivity index is 2.04. The smallest absolute Gasteiger partial charge is 0.322 e. The molecule has 2 aromatic carbocycles. The number of hydrogen-bond donors (Lipinski definition) is 3. The highest BCUT2D eigenvalue weighted by molar-refractivity contribution is 9.10. The molecule has 0 aliphatic heterocycles. The minimum absolute atomic E-state index is 0.0579. The van der Waals surface area contributed by atoms with Crippen LogP contribution in [0.2, 0.25) is 0 Å². The molecule has 3 aromatic rings. The van der Waals surface area contributed by atoms with Crippen molar-refractivity contribution in [2.24, 2.45) is 0 Å². The van der Waals surface area contributed by atoms with Gasteiger partial charge in [0.1, 0.15) is 23.4 Å². The maximum absolute atomic E-state index is 12.3. The number of aliphatic carboxylic acids is 1. The van der Waals surface area contributed by atoms with Crippen LogP contribution in [0.1, 0.15) is 15.9 Å². The molecule has 0 aliphatic rings. The lowest BCUT2D eigenvalue weighted by Gasteiger charge is -2.10. The molecule has 3 rings (SSSR count). The number of nitrogens with zero attached hydrogens (tertiary/aromatic N) is 2. The predicted molar refractivity (Wildman–Crippen MR) is 94.6 cm³/mol. The van der Waals surface area contributed by atoms with Crippen LogP contribution in [0.5, 0.6) is 5.75 Å². The average molecular weight is 404 g/mol. The Morgan fingerprint density at radius 3 is 2.64 bits per heavy atom. The molecule has 0 saturated heterocycles. The second-order valence-corrected chi connectivity index (χ2v) is 6.24. The van der Waals surface area contributed by atoms with Crippen LogP contribution < -0.4 is 5.32 Å². The number of phenols is 1. The molecular formula is C17H14BrN3O4. The Morgan fingerprint density at radius 1 is 1.24 bits per heavy atom. The molecule has 0 spiro atoms. The molecule has 0 atom stereocenters. The molecule has 0 saturated carbocycles. The fourth-order valence-corrected chi connectivity index (χ4v) is 2.94. The molecule has 0 radical (unpaired) electrons. The summed E-state index contributed by atoms with van der Waals surface area (Å²) >= 11 is 3.23. The van der Waals surface area contributed by atoms with E-state index in [-0.39, 0.29) is 11.3 Å². The van der Waals surface area contributed by atoms with Crippen molar-refractivity contribution in [2.75, 3.05) is 6.54 Å². The number of fused-ring (bicyclic) bond motifs is 1. The van der Waals surface area contributed by atoms with Gasteiger partial charge >= 0.3 is 5.97 Å². The lowest BCUT2D eigenvalue weighted by atomic mass is 10.1. The number of imidazole rings is 1. The van der Waals surface area contributed by atoms with Gasteiger partial charge in [-0.3, -0.25) is 9.59 Å². The second kappa shape index (κ2) is 6.94. The van der Waals surface area contributed by atoms with E-state index < -0.39 is 18.4 Å². The Morgan fingerprint density at radius 2 is 1.96 bits per heavy atom. The number of benzene rings is 2. The number of amides is 1. The molecule has 1 heterocycles. The molecule has 7 nitrogen and oxygen atoms in total. The number of carbonyl (C=O) groups is 2. The van der Waals surface area contributed by atoms with E-state index in [9.17, 15) is 14.7 Å². The first-order valence-electron chi connectivity index (χ1n) is 7.37. The Labute approximate surface area is 151 Å². The van der Waals surface area contributed by atoms with Crippen LogP contribution >= 0.6 is 15.9 Å². The third-order valence-electron chi connectivity index (χ3n) is 3.66. The first kappa shape index (κ1) is 17.0. The Hall–Kier alpha value is -2.87. The molecule has 1 aromatic heterocycles. The number of rotatable bonds is 5. The van der Waals surface area contributed by atoms with Crippen molar-refractivity contribution < 1.29 is 19.8 Å². The summed E-state index contributed by atoms with van der Waals surface area (Å²) in [6.45, 7) is 0.00173. The van der Waals surface area contributed by atoms with Crippen molar-refractivity contribution in [3.05, 3.63) is 58.3 Å². The minimum atomic E-state index is -1.17. The highest BCUT2D eigenvalue weighted by Crippen LogP contribution is 2.34. The second-order valence-electron chi connectivity index (χ2n) is 5.38. The van der Waals surface area contributed by atoms with Gasteiger partial charge in [-0.25, -0.2) is 4.98 Å². The van der Waals surface area contributed by atoms with E-state index >= 15 is 0 Å². The van der Waals surface area contributed by atoms with E-state index in [4.69, 9.17) is 5.11 Å². The fourth-order valence-electron chi connectivity index (χ4n) is 2.52. The van der Waals surface area contributed by atoms with Crippen molar-refractivity contribution in [3.8, 4) is 5.75 Å². The first-order chi connectivity index (χ1) is 12.0. The number of hydrogen-bond acceptors (Lipinski definition) is 4. The van der Waals surface area contributed by atoms with Gasteiger partial charge in [0.25, 0.3) is 5.91 Å². The summed E-state index contributed by atoms with van der Waals surface area (Å²) in [6, 6.07) is 11.4. The lowest BCUT2D eigenvalue weighted by Crippen LogP contribution is -2.29. The summed E-state index contributed by atoms with van der Waals surface area (Å²) in [5.41, 5.74) is 1.95. The van der Waals surface area contributed by atoms with Gasteiger partial charge in [0.15, 0.2) is 0 Å². The highest BCUT2D eigenvalue weighted by atomic mass is 79.9. The van der Waals surface area contributed by atoms with E-state index in [0.29, 0.717) is 22.1 Å². The van der Waals surface area contributed by atoms with E-state index in [1.165, 1.54) is 0 Å². The average Bonchev–Trinajstić information content (AvgIpc) is 2.97. The summed E-state index contributed by atoms with van der Waals surface area (Å²) in [7, 11) is 0. The summed E-state index contributed by atoms with van der Waals surface area (Å²) in [5.74, 6) is -2.15. The molecule has 8 heteroatoms. The molecular weight excluding hydrogens is 390 g/mol. The van der Waals surface area contributed by atoms with E-state index in [0.717, 1.165) is 5.56 Å². The summed E-state index contributed by atoms with van der Waals surface area (Å²) in [4.78, 5) is 27.2. The number of halogens is 1. The van der Waals surface area contributed by atoms with Gasteiger partial charge in [-0.15, -0.1) is 0 Å². The van der Waals surface area contributed by atoms with E-state index in [1.807, 2.05) is 34.9 Å². The SMILES string of the molecule is O=C(O)CNC(=O)c1c(O)c(Br)cc2c1ncn2Cc1ccccc1. The van der Waals surface area contributed by atoms with Crippen LogP contribution in [-0.2, 0) is 11.3 Å². The molecule has 0 fully saturated rings. The maximum Gasteiger partial charge on any atom is 0.322 e. The number of nitrogens with one attached hydrogen (secondary N) is 1. The van der Waals surface area contributed by atoms with Gasteiger partial charge in [0.2, 0.25) is 0 Å². The van der Waals surface area contributed by atoms with E-state index in [1.54, 1.807) is 12.4 Å². The third-order valence-corrected chi connectivity index (χ3v) is 4.27. The van der Waals surface area contributed by atoms with Crippen molar-refractivity contribution in [1.82, 2.24) is 14.9 Å². The number of aromatic hydroxyl groups is 1. The lowest BCUT2D eigenvalue weighted by molar-refractivity contribution is -0.135. The van der Waals surface area contributed by atoms with Crippen LogP contribution in [0.25, 0.3) is 11.0 Å². The van der Waals surface area contributed by atoms with Crippen LogP contribution in [0, 0.1) is 0 Å². The van der Waals surface area contributed by atoms with E-state index in [2.05, 4.69) is 26.2 Å². The van der Waals surface area contributed by atoms with Crippen molar-refractivity contribution in [3.63, 3.8) is 0 Å². The summed E-state index contributed by atoms with van der Waals surface area (Å²) in [6.07, 6.45) is 1.58. The van der Waals surface area contributed by atoms with Gasteiger partial charge in [-0.2, -0.15) is 0 Å². The van der Waals surface area contributed by atoms with Gasteiger partial charge in [0.05, 0.1) is 16.3 Å². The van der Waals surface area contributed by atoms with Crippen molar-refractivity contribution in [1.29, 1.82) is 0 Å². The normalized spacial score (nSPS) is 10.8.